The average molecular weight is 298 g/mol. The second-order valence-electron chi connectivity index (χ2n) is 5.21. The minimum Gasteiger partial charge on any atom is -0.399 e. The van der Waals surface area contributed by atoms with Crippen molar-refractivity contribution < 1.29 is 13.2 Å². The van der Waals surface area contributed by atoms with E-state index in [-0.39, 0.29) is 6.04 Å². The smallest absolute Gasteiger partial charge is 0.243 e. The molecule has 2 N–H and O–H groups in total. The average Bonchev–Trinajstić information content (AvgIpc) is 2.42. The van der Waals surface area contributed by atoms with Crippen LogP contribution in [0, 0.1) is 13.8 Å². The summed E-state index contributed by atoms with van der Waals surface area (Å²) in [7, 11) is -3.53. The molecule has 2 rings (SSSR count). The van der Waals surface area contributed by atoms with E-state index < -0.39 is 10.0 Å². The fraction of sp³-hybridized carbons (Fsp3) is 0.571. The van der Waals surface area contributed by atoms with Crippen molar-refractivity contribution >= 4 is 15.7 Å². The maximum Gasteiger partial charge on any atom is 0.243 e. The molecule has 1 aromatic carbocycles. The number of ether oxygens (including phenoxy) is 1. The van der Waals surface area contributed by atoms with E-state index in [1.54, 1.807) is 16.4 Å². The van der Waals surface area contributed by atoms with Crippen molar-refractivity contribution in [3.05, 3.63) is 23.3 Å². The van der Waals surface area contributed by atoms with Crippen LogP contribution in [0.25, 0.3) is 0 Å². The molecule has 1 aliphatic rings. The Kier molecular flexibility index (Phi) is 4.36. The SMILES string of the molecule is CCC1COCCN1S(=O)(=O)c1cc(N)cc(C)c1C. The largest absolute Gasteiger partial charge is 0.399 e. The van der Waals surface area contributed by atoms with Crippen molar-refractivity contribution in [2.24, 2.45) is 0 Å². The minimum atomic E-state index is -3.53. The molecule has 1 aliphatic heterocycles. The van der Waals surface area contributed by atoms with Gasteiger partial charge in [0.25, 0.3) is 0 Å². The lowest BCUT2D eigenvalue weighted by Crippen LogP contribution is -2.48. The van der Waals surface area contributed by atoms with Gasteiger partial charge in [0.1, 0.15) is 0 Å². The first-order chi connectivity index (χ1) is 9.37. The van der Waals surface area contributed by atoms with Crippen LogP contribution in [-0.4, -0.2) is 38.5 Å². The van der Waals surface area contributed by atoms with Gasteiger partial charge in [-0.15, -0.1) is 0 Å². The molecule has 0 aromatic heterocycles. The van der Waals surface area contributed by atoms with Crippen molar-refractivity contribution in [3.8, 4) is 0 Å². The molecule has 6 heteroatoms. The molecule has 0 radical (unpaired) electrons. The number of rotatable bonds is 3. The normalized spacial score (nSPS) is 21.1. The van der Waals surface area contributed by atoms with E-state index >= 15 is 0 Å². The molecule has 20 heavy (non-hydrogen) atoms. The van der Waals surface area contributed by atoms with Crippen molar-refractivity contribution in [1.82, 2.24) is 4.31 Å². The van der Waals surface area contributed by atoms with Gasteiger partial charge in [0.15, 0.2) is 0 Å². The van der Waals surface area contributed by atoms with Crippen LogP contribution >= 0.6 is 0 Å². The second kappa shape index (κ2) is 5.71. The summed E-state index contributed by atoms with van der Waals surface area (Å²) in [6.07, 6.45) is 0.736. The summed E-state index contributed by atoms with van der Waals surface area (Å²) >= 11 is 0. The Labute approximate surface area is 120 Å². The Morgan fingerprint density at radius 1 is 1.40 bits per heavy atom. The maximum absolute atomic E-state index is 12.9. The van der Waals surface area contributed by atoms with E-state index in [1.165, 1.54) is 0 Å². The predicted octanol–water partition coefficient (Wildman–Crippen LogP) is 1.69. The number of benzene rings is 1. The standard InChI is InChI=1S/C14H22N2O3S/c1-4-13-9-19-6-5-16(13)20(17,18)14-8-12(15)7-10(2)11(14)3/h7-8,13H,4-6,9,15H2,1-3H3. The van der Waals surface area contributed by atoms with E-state index in [4.69, 9.17) is 10.5 Å². The quantitative estimate of drug-likeness (QED) is 0.862. The number of sulfonamides is 1. The first-order valence-corrected chi connectivity index (χ1v) is 8.28. The lowest BCUT2D eigenvalue weighted by atomic mass is 10.1. The Bertz CT molecular complexity index is 599. The maximum atomic E-state index is 12.9. The van der Waals surface area contributed by atoms with Gasteiger partial charge < -0.3 is 10.5 Å². The van der Waals surface area contributed by atoms with Crippen LogP contribution in [0.4, 0.5) is 5.69 Å². The molecule has 1 heterocycles. The Hall–Kier alpha value is -1.11. The highest BCUT2D eigenvalue weighted by atomic mass is 32.2. The van der Waals surface area contributed by atoms with Gasteiger partial charge in [0.2, 0.25) is 10.0 Å². The summed E-state index contributed by atoms with van der Waals surface area (Å²) in [5, 5.41) is 0. The lowest BCUT2D eigenvalue weighted by Gasteiger charge is -2.34. The molecule has 0 spiro atoms. The molecule has 1 atom stereocenters. The van der Waals surface area contributed by atoms with Gasteiger partial charge in [0, 0.05) is 18.3 Å². The highest BCUT2D eigenvalue weighted by Crippen LogP contribution is 2.28. The van der Waals surface area contributed by atoms with Crippen LogP contribution in [0.3, 0.4) is 0 Å². The van der Waals surface area contributed by atoms with Crippen LogP contribution < -0.4 is 5.73 Å². The number of hydrogen-bond donors (Lipinski definition) is 1. The third-order valence-electron chi connectivity index (χ3n) is 3.87. The zero-order valence-electron chi connectivity index (χ0n) is 12.2. The molecular weight excluding hydrogens is 276 g/mol. The van der Waals surface area contributed by atoms with E-state index in [2.05, 4.69) is 0 Å². The molecule has 0 saturated carbocycles. The summed E-state index contributed by atoms with van der Waals surface area (Å²) < 4.78 is 32.7. The molecule has 112 valence electrons. The second-order valence-corrected chi connectivity index (χ2v) is 7.07. The van der Waals surface area contributed by atoms with Gasteiger partial charge >= 0.3 is 0 Å². The van der Waals surface area contributed by atoms with Crippen molar-refractivity contribution in [3.63, 3.8) is 0 Å². The van der Waals surface area contributed by atoms with Crippen LogP contribution in [0.5, 0.6) is 0 Å². The monoisotopic (exact) mass is 298 g/mol. The Balaban J connectivity index is 2.49. The Morgan fingerprint density at radius 2 is 2.10 bits per heavy atom. The predicted molar refractivity (Wildman–Crippen MR) is 79.1 cm³/mol. The van der Waals surface area contributed by atoms with Gasteiger partial charge in [-0.25, -0.2) is 8.42 Å². The molecule has 0 amide bonds. The van der Waals surface area contributed by atoms with Crippen LogP contribution in [0.15, 0.2) is 17.0 Å². The van der Waals surface area contributed by atoms with Crippen molar-refractivity contribution in [2.45, 2.75) is 38.1 Å². The highest BCUT2D eigenvalue weighted by Gasteiger charge is 2.34. The molecule has 0 bridgehead atoms. The highest BCUT2D eigenvalue weighted by molar-refractivity contribution is 7.89. The van der Waals surface area contributed by atoms with Crippen LogP contribution in [-0.2, 0) is 14.8 Å². The topological polar surface area (TPSA) is 72.6 Å². The Morgan fingerprint density at radius 3 is 2.75 bits per heavy atom. The van der Waals surface area contributed by atoms with Crippen LogP contribution in [0.1, 0.15) is 24.5 Å². The van der Waals surface area contributed by atoms with Gasteiger partial charge in [-0.05, 0) is 43.5 Å². The first-order valence-electron chi connectivity index (χ1n) is 6.84. The van der Waals surface area contributed by atoms with Gasteiger partial charge in [-0.1, -0.05) is 6.92 Å². The summed E-state index contributed by atoms with van der Waals surface area (Å²) in [6, 6.07) is 3.25. The zero-order valence-corrected chi connectivity index (χ0v) is 13.0. The molecule has 1 saturated heterocycles. The molecule has 1 fully saturated rings. The van der Waals surface area contributed by atoms with E-state index in [0.29, 0.717) is 30.3 Å². The van der Waals surface area contributed by atoms with E-state index in [9.17, 15) is 8.42 Å². The van der Waals surface area contributed by atoms with Gasteiger partial charge in [-0.3, -0.25) is 0 Å². The van der Waals surface area contributed by atoms with Crippen molar-refractivity contribution in [1.29, 1.82) is 0 Å². The fourth-order valence-electron chi connectivity index (χ4n) is 2.53. The molecule has 0 aliphatic carbocycles. The number of nitrogens with two attached hydrogens (primary N) is 1. The third kappa shape index (κ3) is 2.68. The molecule has 1 unspecified atom stereocenters. The third-order valence-corrected chi connectivity index (χ3v) is 5.95. The number of hydrogen-bond acceptors (Lipinski definition) is 4. The number of anilines is 1. The van der Waals surface area contributed by atoms with Gasteiger partial charge in [-0.2, -0.15) is 4.31 Å². The molecule has 1 aromatic rings. The van der Waals surface area contributed by atoms with E-state index in [0.717, 1.165) is 17.5 Å². The van der Waals surface area contributed by atoms with Gasteiger partial charge in [0.05, 0.1) is 18.1 Å². The molecular formula is C14H22N2O3S. The summed E-state index contributed by atoms with van der Waals surface area (Å²) in [6.45, 7) is 6.96. The number of aryl methyl sites for hydroxylation is 1. The number of morpholine rings is 1. The van der Waals surface area contributed by atoms with E-state index in [1.807, 2.05) is 20.8 Å². The van der Waals surface area contributed by atoms with Crippen LogP contribution in [0.2, 0.25) is 0 Å². The summed E-state index contributed by atoms with van der Waals surface area (Å²) in [4.78, 5) is 0.315. The fourth-order valence-corrected chi connectivity index (χ4v) is 4.53. The molecule has 5 nitrogen and oxygen atoms in total. The zero-order chi connectivity index (χ0) is 14.9. The number of nitrogens with zero attached hydrogens (tertiary/aromatic N) is 1. The lowest BCUT2D eigenvalue weighted by molar-refractivity contribution is 0.0314. The van der Waals surface area contributed by atoms with Crippen molar-refractivity contribution in [2.75, 3.05) is 25.5 Å². The number of nitrogen functional groups attached to an aromatic ring is 1. The summed E-state index contributed by atoms with van der Waals surface area (Å²) in [5.74, 6) is 0. The first kappa shape index (κ1) is 15.3. The summed E-state index contributed by atoms with van der Waals surface area (Å²) in [5.41, 5.74) is 7.95. The minimum absolute atomic E-state index is 0.102.